The van der Waals surface area contributed by atoms with Gasteiger partial charge in [0.05, 0.1) is 0 Å². The highest BCUT2D eigenvalue weighted by Gasteiger charge is 2.09. The zero-order valence-corrected chi connectivity index (χ0v) is 13.6. The number of carbonyl (C=O) groups is 2. The lowest BCUT2D eigenvalue weighted by molar-refractivity contribution is -0.114. The van der Waals surface area contributed by atoms with Crippen LogP contribution in [-0.4, -0.2) is 30.8 Å². The molecule has 0 heterocycles. The lowest BCUT2D eigenvalue weighted by atomic mass is 10.1. The van der Waals surface area contributed by atoms with Gasteiger partial charge in [0.2, 0.25) is 5.91 Å². The van der Waals surface area contributed by atoms with E-state index in [1.807, 2.05) is 43.3 Å². The Hall–Kier alpha value is -2.66. The first-order valence-corrected chi connectivity index (χ1v) is 7.37. The monoisotopic (exact) mass is 311 g/mol. The molecule has 0 fully saturated rings. The molecule has 0 aromatic heterocycles. The summed E-state index contributed by atoms with van der Waals surface area (Å²) in [5.74, 6) is -0.314. The van der Waals surface area contributed by atoms with Crippen molar-refractivity contribution in [1.29, 1.82) is 0 Å². The van der Waals surface area contributed by atoms with Gasteiger partial charge in [-0.25, -0.2) is 0 Å². The van der Waals surface area contributed by atoms with Crippen molar-refractivity contribution < 1.29 is 9.59 Å². The van der Waals surface area contributed by atoms with Crippen molar-refractivity contribution in [3.8, 4) is 0 Å². The van der Waals surface area contributed by atoms with Gasteiger partial charge in [-0.1, -0.05) is 18.2 Å². The fourth-order valence-electron chi connectivity index (χ4n) is 2.22. The van der Waals surface area contributed by atoms with Crippen LogP contribution < -0.4 is 10.6 Å². The van der Waals surface area contributed by atoms with Crippen LogP contribution in [0.25, 0.3) is 0 Å². The number of rotatable bonds is 5. The van der Waals surface area contributed by atoms with Crippen LogP contribution in [0.4, 0.5) is 11.4 Å². The van der Waals surface area contributed by atoms with Gasteiger partial charge in [-0.3, -0.25) is 9.59 Å². The summed E-state index contributed by atoms with van der Waals surface area (Å²) in [5.41, 5.74) is 3.07. The number of hydrogen-bond donors (Lipinski definition) is 2. The molecule has 5 heteroatoms. The summed E-state index contributed by atoms with van der Waals surface area (Å²) in [5, 5.41) is 5.61. The first-order valence-electron chi connectivity index (χ1n) is 7.37. The number of anilines is 2. The molecular weight excluding hydrogens is 290 g/mol. The number of amides is 2. The number of para-hydroxylation sites is 1. The maximum Gasteiger partial charge on any atom is 0.255 e. The van der Waals surface area contributed by atoms with Crippen molar-refractivity contribution in [3.05, 3.63) is 59.7 Å². The average molecular weight is 311 g/mol. The predicted molar refractivity (Wildman–Crippen MR) is 92.5 cm³/mol. The van der Waals surface area contributed by atoms with E-state index in [0.717, 1.165) is 17.8 Å². The Morgan fingerprint density at radius 2 is 1.61 bits per heavy atom. The Bertz CT molecular complexity index is 694. The van der Waals surface area contributed by atoms with Gasteiger partial charge in [0.1, 0.15) is 0 Å². The summed E-state index contributed by atoms with van der Waals surface area (Å²) >= 11 is 0. The van der Waals surface area contributed by atoms with E-state index in [0.29, 0.717) is 11.3 Å². The van der Waals surface area contributed by atoms with Crippen molar-refractivity contribution >= 4 is 23.2 Å². The second-order valence-electron chi connectivity index (χ2n) is 5.61. The van der Waals surface area contributed by atoms with Gasteiger partial charge in [-0.05, 0) is 50.0 Å². The van der Waals surface area contributed by atoms with Gasteiger partial charge in [-0.15, -0.1) is 0 Å². The van der Waals surface area contributed by atoms with Crippen LogP contribution in [0.15, 0.2) is 48.5 Å². The Balaban J connectivity index is 2.11. The number of hydrogen-bond acceptors (Lipinski definition) is 3. The molecule has 2 rings (SSSR count). The molecule has 2 aromatic rings. The minimum absolute atomic E-state index is 0.139. The lowest BCUT2D eigenvalue weighted by Crippen LogP contribution is -2.16. The summed E-state index contributed by atoms with van der Waals surface area (Å²) in [6, 6.07) is 14.5. The highest BCUT2D eigenvalue weighted by molar-refractivity contribution is 6.05. The zero-order valence-electron chi connectivity index (χ0n) is 13.6. The van der Waals surface area contributed by atoms with Gasteiger partial charge < -0.3 is 15.5 Å². The van der Waals surface area contributed by atoms with Gasteiger partial charge in [0.25, 0.3) is 5.91 Å². The van der Waals surface area contributed by atoms with Crippen LogP contribution in [0.1, 0.15) is 22.8 Å². The molecule has 0 radical (unpaired) electrons. The summed E-state index contributed by atoms with van der Waals surface area (Å²) in [6.45, 7) is 2.19. The first-order chi connectivity index (χ1) is 11.0. The van der Waals surface area contributed by atoms with Crippen molar-refractivity contribution in [2.45, 2.75) is 13.5 Å². The van der Waals surface area contributed by atoms with Crippen LogP contribution >= 0.6 is 0 Å². The molecule has 0 atom stereocenters. The van der Waals surface area contributed by atoms with E-state index < -0.39 is 0 Å². The maximum atomic E-state index is 12.4. The molecule has 5 nitrogen and oxygen atoms in total. The topological polar surface area (TPSA) is 61.4 Å². The maximum absolute atomic E-state index is 12.4. The predicted octanol–water partition coefficient (Wildman–Crippen LogP) is 2.96. The van der Waals surface area contributed by atoms with Crippen molar-refractivity contribution in [2.75, 3.05) is 24.7 Å². The smallest absolute Gasteiger partial charge is 0.255 e. The first kappa shape index (κ1) is 16.7. The van der Waals surface area contributed by atoms with Crippen molar-refractivity contribution in [2.24, 2.45) is 0 Å². The van der Waals surface area contributed by atoms with Gasteiger partial charge in [-0.2, -0.15) is 0 Å². The largest absolute Gasteiger partial charge is 0.326 e. The molecule has 23 heavy (non-hydrogen) atoms. The van der Waals surface area contributed by atoms with Crippen LogP contribution in [-0.2, 0) is 11.3 Å². The molecule has 0 aliphatic carbocycles. The molecular formula is C18H21N3O2. The average Bonchev–Trinajstić information content (AvgIpc) is 2.49. The molecule has 0 spiro atoms. The van der Waals surface area contributed by atoms with Gasteiger partial charge in [0.15, 0.2) is 0 Å². The highest BCUT2D eigenvalue weighted by Crippen LogP contribution is 2.18. The van der Waals surface area contributed by atoms with E-state index in [1.165, 1.54) is 6.92 Å². The standard InChI is InChI=1S/C18H21N3O2/c1-13(22)19-16-10-8-14(9-11-16)18(23)20-17-7-5-4-6-15(17)12-21(2)3/h4-11H,12H2,1-3H3,(H,19,22)(H,20,23). The zero-order chi connectivity index (χ0) is 16.8. The third kappa shape index (κ3) is 4.93. The van der Waals surface area contributed by atoms with E-state index in [2.05, 4.69) is 10.6 Å². The minimum atomic E-state index is -0.175. The third-order valence-electron chi connectivity index (χ3n) is 3.22. The van der Waals surface area contributed by atoms with Crippen LogP contribution in [0.2, 0.25) is 0 Å². The second kappa shape index (κ2) is 7.56. The summed E-state index contributed by atoms with van der Waals surface area (Å²) in [7, 11) is 3.97. The molecule has 0 aliphatic heterocycles. The number of nitrogens with one attached hydrogen (secondary N) is 2. The highest BCUT2D eigenvalue weighted by atomic mass is 16.2. The molecule has 2 N–H and O–H groups in total. The van der Waals surface area contributed by atoms with Gasteiger partial charge in [0, 0.05) is 30.4 Å². The Morgan fingerprint density at radius 1 is 0.957 bits per heavy atom. The van der Waals surface area contributed by atoms with Crippen LogP contribution in [0, 0.1) is 0 Å². The quantitative estimate of drug-likeness (QED) is 0.892. The fourth-order valence-corrected chi connectivity index (χ4v) is 2.22. The molecule has 2 amide bonds. The normalized spacial score (nSPS) is 10.4. The number of carbonyl (C=O) groups excluding carboxylic acids is 2. The van der Waals surface area contributed by atoms with E-state index in [4.69, 9.17) is 0 Å². The van der Waals surface area contributed by atoms with Gasteiger partial charge >= 0.3 is 0 Å². The summed E-state index contributed by atoms with van der Waals surface area (Å²) in [4.78, 5) is 25.4. The van der Waals surface area contributed by atoms with Crippen LogP contribution in [0.5, 0.6) is 0 Å². The Morgan fingerprint density at radius 3 is 2.22 bits per heavy atom. The second-order valence-corrected chi connectivity index (χ2v) is 5.61. The molecule has 0 bridgehead atoms. The number of nitrogens with zero attached hydrogens (tertiary/aromatic N) is 1. The SMILES string of the molecule is CC(=O)Nc1ccc(C(=O)Nc2ccccc2CN(C)C)cc1. The van der Waals surface area contributed by atoms with E-state index in [-0.39, 0.29) is 11.8 Å². The molecule has 0 saturated carbocycles. The number of benzene rings is 2. The third-order valence-corrected chi connectivity index (χ3v) is 3.22. The van der Waals surface area contributed by atoms with Crippen molar-refractivity contribution in [3.63, 3.8) is 0 Å². The summed E-state index contributed by atoms with van der Waals surface area (Å²) in [6.07, 6.45) is 0. The molecule has 120 valence electrons. The Kier molecular flexibility index (Phi) is 5.49. The molecule has 0 aliphatic rings. The summed E-state index contributed by atoms with van der Waals surface area (Å²) < 4.78 is 0. The lowest BCUT2D eigenvalue weighted by Gasteiger charge is -2.15. The van der Waals surface area contributed by atoms with Crippen LogP contribution in [0.3, 0.4) is 0 Å². The molecule has 0 saturated heterocycles. The molecule has 2 aromatic carbocycles. The Labute approximate surface area is 136 Å². The minimum Gasteiger partial charge on any atom is -0.326 e. The van der Waals surface area contributed by atoms with Crippen molar-refractivity contribution in [1.82, 2.24) is 4.90 Å². The van der Waals surface area contributed by atoms with E-state index in [1.54, 1.807) is 24.3 Å². The van der Waals surface area contributed by atoms with E-state index in [9.17, 15) is 9.59 Å². The molecule has 0 unspecified atom stereocenters. The fraction of sp³-hybridized carbons (Fsp3) is 0.222. The van der Waals surface area contributed by atoms with E-state index >= 15 is 0 Å².